The molecule has 2 aromatic rings. The van der Waals surface area contributed by atoms with Crippen molar-refractivity contribution in [3.8, 4) is 11.5 Å². The van der Waals surface area contributed by atoms with E-state index in [4.69, 9.17) is 18.9 Å². The van der Waals surface area contributed by atoms with Gasteiger partial charge in [0.25, 0.3) is 0 Å². The summed E-state index contributed by atoms with van der Waals surface area (Å²) in [5.74, 6) is 2.28. The maximum atomic E-state index is 6.08. The van der Waals surface area contributed by atoms with Crippen molar-refractivity contribution in [2.45, 2.75) is 60.2 Å². The molecule has 0 aromatic heterocycles. The third-order valence-corrected chi connectivity index (χ3v) is 5.79. The predicted molar refractivity (Wildman–Crippen MR) is 127 cm³/mol. The maximum Gasteiger partial charge on any atom is 0.119 e. The molecule has 0 aliphatic rings. The van der Waals surface area contributed by atoms with Crippen LogP contribution in [0.2, 0.25) is 0 Å². The van der Waals surface area contributed by atoms with E-state index in [2.05, 4.69) is 59.7 Å². The zero-order valence-corrected chi connectivity index (χ0v) is 20.1. The first-order valence-electron chi connectivity index (χ1n) is 11.4. The smallest absolute Gasteiger partial charge is 0.119 e. The Labute approximate surface area is 188 Å². The predicted octanol–water partition coefficient (Wildman–Crippen LogP) is 6.18. The van der Waals surface area contributed by atoms with E-state index in [1.807, 2.05) is 36.4 Å². The summed E-state index contributed by atoms with van der Waals surface area (Å²) in [6.07, 6.45) is 1.25. The highest BCUT2D eigenvalue weighted by molar-refractivity contribution is 5.29. The van der Waals surface area contributed by atoms with Crippen LogP contribution in [0.4, 0.5) is 0 Å². The third-order valence-electron chi connectivity index (χ3n) is 5.79. The van der Waals surface area contributed by atoms with Crippen LogP contribution in [0.3, 0.4) is 0 Å². The van der Waals surface area contributed by atoms with Crippen molar-refractivity contribution in [3.63, 3.8) is 0 Å². The highest BCUT2D eigenvalue weighted by atomic mass is 16.5. The van der Waals surface area contributed by atoms with Gasteiger partial charge >= 0.3 is 0 Å². The Kier molecular flexibility index (Phi) is 10.4. The molecule has 31 heavy (non-hydrogen) atoms. The molecule has 2 atom stereocenters. The summed E-state index contributed by atoms with van der Waals surface area (Å²) in [6, 6.07) is 18.2. The van der Waals surface area contributed by atoms with E-state index < -0.39 is 0 Å². The molecule has 0 bridgehead atoms. The van der Waals surface area contributed by atoms with E-state index in [9.17, 15) is 0 Å². The zero-order valence-electron chi connectivity index (χ0n) is 20.1. The fourth-order valence-corrected chi connectivity index (χ4v) is 3.13. The first-order valence-corrected chi connectivity index (χ1v) is 11.4. The second-order valence-corrected chi connectivity index (χ2v) is 9.16. The minimum atomic E-state index is -0.0127. The van der Waals surface area contributed by atoms with Gasteiger partial charge in [-0.25, -0.2) is 0 Å². The van der Waals surface area contributed by atoms with Crippen molar-refractivity contribution in [2.75, 3.05) is 26.4 Å². The number of ether oxygens (including phenoxy) is 4. The molecule has 0 aliphatic heterocycles. The van der Waals surface area contributed by atoms with E-state index in [0.29, 0.717) is 32.3 Å². The molecule has 0 saturated carbocycles. The molecule has 2 unspecified atom stereocenters. The van der Waals surface area contributed by atoms with Gasteiger partial charge in [0.1, 0.15) is 24.7 Å². The lowest BCUT2D eigenvalue weighted by Crippen LogP contribution is -2.32. The first-order chi connectivity index (χ1) is 14.8. The summed E-state index contributed by atoms with van der Waals surface area (Å²) in [5.41, 5.74) is 1.23. The average molecular weight is 429 g/mol. The lowest BCUT2D eigenvalue weighted by molar-refractivity contribution is -0.0238. The maximum absolute atomic E-state index is 6.08. The molecule has 0 radical (unpaired) electrons. The van der Waals surface area contributed by atoms with Crippen LogP contribution in [-0.2, 0) is 15.9 Å². The van der Waals surface area contributed by atoms with E-state index >= 15 is 0 Å². The van der Waals surface area contributed by atoms with E-state index in [-0.39, 0.29) is 17.6 Å². The summed E-state index contributed by atoms with van der Waals surface area (Å²) in [7, 11) is 0. The molecule has 0 N–H and O–H groups in total. The van der Waals surface area contributed by atoms with E-state index in [0.717, 1.165) is 17.9 Å². The van der Waals surface area contributed by atoms with Crippen LogP contribution in [0.1, 0.15) is 47.1 Å². The molecule has 0 amide bonds. The van der Waals surface area contributed by atoms with Gasteiger partial charge in [0.2, 0.25) is 0 Å². The van der Waals surface area contributed by atoms with Crippen molar-refractivity contribution in [2.24, 2.45) is 11.3 Å². The SMILES string of the molecule is CC(C)C(C)OCCOc1cccc(CC(C)(C)C(C)OCCOc2ccccc2)c1. The van der Waals surface area contributed by atoms with Crippen LogP contribution in [0, 0.1) is 11.3 Å². The van der Waals surface area contributed by atoms with Gasteiger partial charge in [0.05, 0.1) is 25.4 Å². The first kappa shape index (κ1) is 25.2. The second-order valence-electron chi connectivity index (χ2n) is 9.16. The van der Waals surface area contributed by atoms with Gasteiger partial charge in [-0.3, -0.25) is 0 Å². The molecular formula is C27H40O4. The molecule has 0 fully saturated rings. The minimum Gasteiger partial charge on any atom is -0.491 e. The highest BCUT2D eigenvalue weighted by Crippen LogP contribution is 2.29. The van der Waals surface area contributed by atoms with Crippen LogP contribution >= 0.6 is 0 Å². The Morgan fingerprint density at radius 3 is 2.00 bits per heavy atom. The molecule has 2 rings (SSSR count). The van der Waals surface area contributed by atoms with E-state index in [1.54, 1.807) is 0 Å². The molecule has 0 spiro atoms. The summed E-state index contributed by atoms with van der Waals surface area (Å²) in [5, 5.41) is 0. The summed E-state index contributed by atoms with van der Waals surface area (Å²) in [6.45, 7) is 15.3. The van der Waals surface area contributed by atoms with E-state index in [1.165, 1.54) is 5.56 Å². The summed E-state index contributed by atoms with van der Waals surface area (Å²) < 4.78 is 23.5. The number of para-hydroxylation sites is 1. The van der Waals surface area contributed by atoms with Crippen molar-refractivity contribution in [1.82, 2.24) is 0 Å². The number of rotatable bonds is 14. The number of benzene rings is 2. The fraction of sp³-hybridized carbons (Fsp3) is 0.556. The van der Waals surface area contributed by atoms with Crippen molar-refractivity contribution < 1.29 is 18.9 Å². The van der Waals surface area contributed by atoms with Crippen LogP contribution in [0.15, 0.2) is 54.6 Å². The van der Waals surface area contributed by atoms with Gasteiger partial charge in [-0.05, 0) is 61.4 Å². The Hall–Kier alpha value is -2.04. The van der Waals surface area contributed by atoms with Crippen molar-refractivity contribution >= 4 is 0 Å². The fourth-order valence-electron chi connectivity index (χ4n) is 3.13. The number of hydrogen-bond donors (Lipinski definition) is 0. The highest BCUT2D eigenvalue weighted by Gasteiger charge is 2.27. The molecule has 4 heteroatoms. The summed E-state index contributed by atoms with van der Waals surface area (Å²) in [4.78, 5) is 0. The molecule has 4 nitrogen and oxygen atoms in total. The lowest BCUT2D eigenvalue weighted by atomic mass is 9.81. The number of hydrogen-bond acceptors (Lipinski definition) is 4. The monoisotopic (exact) mass is 428 g/mol. The van der Waals surface area contributed by atoms with Gasteiger partial charge in [-0.15, -0.1) is 0 Å². The van der Waals surface area contributed by atoms with Gasteiger partial charge in [-0.2, -0.15) is 0 Å². The standard InChI is InChI=1S/C27H40O4/c1-21(2)22(3)28-15-17-31-26-14-10-11-24(19-26)20-27(5,6)23(4)29-16-18-30-25-12-8-7-9-13-25/h7-14,19,21-23H,15-18,20H2,1-6H3. The van der Waals surface area contributed by atoms with Gasteiger partial charge in [0, 0.05) is 0 Å². The zero-order chi connectivity index (χ0) is 22.7. The van der Waals surface area contributed by atoms with Crippen LogP contribution in [-0.4, -0.2) is 38.6 Å². The topological polar surface area (TPSA) is 36.9 Å². The lowest BCUT2D eigenvalue weighted by Gasteiger charge is -2.32. The Balaban J connectivity index is 1.75. The molecular weight excluding hydrogens is 388 g/mol. The van der Waals surface area contributed by atoms with Crippen LogP contribution < -0.4 is 9.47 Å². The normalized spacial score (nSPS) is 13.8. The van der Waals surface area contributed by atoms with Crippen LogP contribution in [0.5, 0.6) is 11.5 Å². The third kappa shape index (κ3) is 9.32. The second kappa shape index (κ2) is 12.7. The van der Waals surface area contributed by atoms with Gasteiger partial charge in [-0.1, -0.05) is 58.0 Å². The Bertz CT molecular complexity index is 742. The molecule has 2 aromatic carbocycles. The van der Waals surface area contributed by atoms with Crippen LogP contribution in [0.25, 0.3) is 0 Å². The van der Waals surface area contributed by atoms with Gasteiger partial charge < -0.3 is 18.9 Å². The Morgan fingerprint density at radius 2 is 1.32 bits per heavy atom. The quantitative estimate of drug-likeness (QED) is 0.337. The molecule has 0 heterocycles. The van der Waals surface area contributed by atoms with Crippen molar-refractivity contribution in [3.05, 3.63) is 60.2 Å². The minimum absolute atomic E-state index is 0.0127. The summed E-state index contributed by atoms with van der Waals surface area (Å²) >= 11 is 0. The largest absolute Gasteiger partial charge is 0.491 e. The molecule has 172 valence electrons. The Morgan fingerprint density at radius 1 is 0.710 bits per heavy atom. The average Bonchev–Trinajstić information content (AvgIpc) is 2.74. The van der Waals surface area contributed by atoms with Gasteiger partial charge in [0.15, 0.2) is 0 Å². The van der Waals surface area contributed by atoms with Crippen molar-refractivity contribution in [1.29, 1.82) is 0 Å². The molecule has 0 saturated heterocycles. The molecule has 0 aliphatic carbocycles.